The van der Waals surface area contributed by atoms with Crippen LogP contribution in [0.25, 0.3) is 0 Å². The predicted octanol–water partition coefficient (Wildman–Crippen LogP) is 6.06. The van der Waals surface area contributed by atoms with E-state index in [9.17, 15) is 22.8 Å². The Labute approximate surface area is 253 Å². The lowest BCUT2D eigenvalue weighted by molar-refractivity contribution is -0.137. The zero-order valence-electron chi connectivity index (χ0n) is 24.5. The number of Topliss-reactive ketones (excluding diaryl/α,β-unsaturated/α-hetero) is 1. The number of hydrogen-bond acceptors (Lipinski definition) is 7. The van der Waals surface area contributed by atoms with Crippen LogP contribution in [0, 0.1) is 5.92 Å². The van der Waals surface area contributed by atoms with Gasteiger partial charge in [0.15, 0.2) is 5.78 Å². The fraction of sp³-hybridized carbons (Fsp3) is 0.424. The molecule has 8 nitrogen and oxygen atoms in total. The van der Waals surface area contributed by atoms with Gasteiger partial charge in [0.2, 0.25) is 5.91 Å². The summed E-state index contributed by atoms with van der Waals surface area (Å²) in [6.45, 7) is 1.06. The fourth-order valence-corrected chi connectivity index (χ4v) is 6.88. The van der Waals surface area contributed by atoms with Gasteiger partial charge < -0.3 is 24.6 Å². The molecule has 2 fully saturated rings. The van der Waals surface area contributed by atoms with E-state index in [-0.39, 0.29) is 53.3 Å². The van der Waals surface area contributed by atoms with Crippen LogP contribution in [-0.2, 0) is 17.4 Å². The molecule has 7 rings (SSSR count). The minimum Gasteiger partial charge on any atom is -0.489 e. The number of amides is 1. The van der Waals surface area contributed by atoms with Gasteiger partial charge in [-0.15, -0.1) is 0 Å². The highest BCUT2D eigenvalue weighted by atomic mass is 19.4. The Kier molecular flexibility index (Phi) is 7.03. The van der Waals surface area contributed by atoms with E-state index in [1.54, 1.807) is 23.2 Å². The van der Waals surface area contributed by atoms with Crippen molar-refractivity contribution >= 4 is 23.2 Å². The van der Waals surface area contributed by atoms with E-state index in [1.165, 1.54) is 12.1 Å². The number of nitrogens with zero attached hydrogens (tertiary/aromatic N) is 3. The van der Waals surface area contributed by atoms with E-state index < -0.39 is 11.7 Å². The molecule has 1 amide bonds. The third-order valence-electron chi connectivity index (χ3n) is 9.31. The van der Waals surface area contributed by atoms with Crippen LogP contribution in [0.5, 0.6) is 17.2 Å². The zero-order chi connectivity index (χ0) is 30.7. The van der Waals surface area contributed by atoms with Gasteiger partial charge >= 0.3 is 6.18 Å². The van der Waals surface area contributed by atoms with Crippen LogP contribution in [0.1, 0.15) is 58.6 Å². The number of carbonyl (C=O) groups excluding carboxylic acids is 2. The Hall–Kier alpha value is -4.12. The molecule has 4 aliphatic rings. The van der Waals surface area contributed by atoms with Crippen molar-refractivity contribution in [1.82, 2.24) is 9.88 Å². The van der Waals surface area contributed by atoms with Crippen LogP contribution in [0.2, 0.25) is 0 Å². The molecule has 4 heterocycles. The first kappa shape index (κ1) is 28.6. The quantitative estimate of drug-likeness (QED) is 0.328. The Morgan fingerprint density at radius 1 is 1.16 bits per heavy atom. The highest BCUT2D eigenvalue weighted by Crippen LogP contribution is 2.60. The van der Waals surface area contributed by atoms with E-state index in [0.29, 0.717) is 43.2 Å². The minimum absolute atomic E-state index is 0.0270. The number of alkyl halides is 3. The highest BCUT2D eigenvalue weighted by molar-refractivity contribution is 5.97. The number of hydrogen-bond donors (Lipinski definition) is 1. The number of nitrogens with one attached hydrogen (secondary N) is 1. The minimum atomic E-state index is -4.58. The third kappa shape index (κ3) is 5.27. The number of fused-ring (bicyclic) bond motifs is 4. The molecule has 11 heteroatoms. The van der Waals surface area contributed by atoms with Gasteiger partial charge in [-0.3, -0.25) is 9.59 Å². The van der Waals surface area contributed by atoms with Crippen molar-refractivity contribution in [2.45, 2.75) is 56.3 Å². The molecule has 0 unspecified atom stereocenters. The molecule has 1 saturated heterocycles. The smallest absolute Gasteiger partial charge is 0.418 e. The van der Waals surface area contributed by atoms with Crippen LogP contribution >= 0.6 is 0 Å². The number of carbonyl (C=O) groups is 2. The number of anilines is 2. The van der Waals surface area contributed by atoms with Crippen molar-refractivity contribution in [3.63, 3.8) is 0 Å². The van der Waals surface area contributed by atoms with Crippen molar-refractivity contribution in [3.8, 4) is 17.2 Å². The molecule has 1 aromatic heterocycles. The summed E-state index contributed by atoms with van der Waals surface area (Å²) in [6, 6.07) is 11.5. The van der Waals surface area contributed by atoms with Gasteiger partial charge in [0.25, 0.3) is 0 Å². The summed E-state index contributed by atoms with van der Waals surface area (Å²) in [5, 5.41) is 2.77. The first-order valence-corrected chi connectivity index (χ1v) is 15.0. The van der Waals surface area contributed by atoms with Crippen molar-refractivity contribution in [2.75, 3.05) is 37.4 Å². The topological polar surface area (TPSA) is 84.0 Å². The second kappa shape index (κ2) is 10.8. The fourth-order valence-electron chi connectivity index (χ4n) is 6.88. The largest absolute Gasteiger partial charge is 0.489 e. The maximum atomic E-state index is 14.2. The summed E-state index contributed by atoms with van der Waals surface area (Å²) < 4.78 is 55.0. The second-order valence-electron chi connectivity index (χ2n) is 12.3. The predicted molar refractivity (Wildman–Crippen MR) is 158 cm³/mol. The van der Waals surface area contributed by atoms with Crippen LogP contribution in [0.3, 0.4) is 0 Å². The number of pyridine rings is 1. The number of benzene rings is 2. The van der Waals surface area contributed by atoms with E-state index in [1.807, 2.05) is 31.1 Å². The lowest BCUT2D eigenvalue weighted by Crippen LogP contribution is -2.45. The van der Waals surface area contributed by atoms with Gasteiger partial charge in [0.05, 0.1) is 5.56 Å². The van der Waals surface area contributed by atoms with Crippen molar-refractivity contribution in [2.24, 2.45) is 5.92 Å². The summed E-state index contributed by atoms with van der Waals surface area (Å²) >= 11 is 0. The van der Waals surface area contributed by atoms with Gasteiger partial charge in [-0.1, -0.05) is 0 Å². The number of likely N-dealkylation sites (N-methyl/N-ethyl adjacent to an activating group) is 1. The Morgan fingerprint density at radius 3 is 2.80 bits per heavy atom. The standard InChI is InChI=1S/C33H33F3N4O4/c1-39(2)19-4-3-13-40(17-19)25-8-5-18(14-24(25)33(34,35)36)26(41)16-23-30-22-15-20(6-9-27(22)44-31(23)30)43-28-11-12-37-32-21(28)7-10-29(42)38-32/h5-6,8-9,11-12,14-15,19,23,30-31H,3-4,7,10,13,16-17H2,1-2H3,(H,37,38,42)/t19-,23-,30-,31+/m0/s1. The zero-order valence-corrected chi connectivity index (χ0v) is 24.5. The van der Waals surface area contributed by atoms with Crippen molar-refractivity contribution in [1.29, 1.82) is 0 Å². The molecular weight excluding hydrogens is 573 g/mol. The summed E-state index contributed by atoms with van der Waals surface area (Å²) in [7, 11) is 3.89. The third-order valence-corrected chi connectivity index (χ3v) is 9.31. The van der Waals surface area contributed by atoms with Gasteiger partial charge in [-0.25, -0.2) is 4.98 Å². The average molecular weight is 607 g/mol. The normalized spacial score (nSPS) is 23.8. The number of rotatable bonds is 7. The molecule has 3 aromatic rings. The molecular formula is C33H33F3N4O4. The molecule has 1 aliphatic carbocycles. The first-order valence-electron chi connectivity index (χ1n) is 15.0. The molecule has 44 heavy (non-hydrogen) atoms. The highest BCUT2D eigenvalue weighted by Gasteiger charge is 2.59. The lowest BCUT2D eigenvalue weighted by Gasteiger charge is -2.38. The molecule has 1 saturated carbocycles. The van der Waals surface area contributed by atoms with Gasteiger partial charge in [0.1, 0.15) is 29.2 Å². The van der Waals surface area contributed by atoms with Crippen LogP contribution in [0.15, 0.2) is 48.7 Å². The van der Waals surface area contributed by atoms with Gasteiger partial charge in [0, 0.05) is 72.4 Å². The molecule has 3 aliphatic heterocycles. The summed E-state index contributed by atoms with van der Waals surface area (Å²) in [6.07, 6.45) is -0.457. The summed E-state index contributed by atoms with van der Waals surface area (Å²) in [5.74, 6) is 1.87. The summed E-state index contributed by atoms with van der Waals surface area (Å²) in [4.78, 5) is 33.1. The summed E-state index contributed by atoms with van der Waals surface area (Å²) in [5.41, 5.74) is 1.19. The molecule has 0 bridgehead atoms. The van der Waals surface area contributed by atoms with Crippen LogP contribution < -0.4 is 19.7 Å². The molecule has 4 atom stereocenters. The maximum absolute atomic E-state index is 14.2. The maximum Gasteiger partial charge on any atom is 0.418 e. The van der Waals surface area contributed by atoms with Crippen LogP contribution in [0.4, 0.5) is 24.7 Å². The SMILES string of the molecule is CN(C)[C@H]1CCCN(c2ccc(C(=O)C[C@@H]3[C@H]4Oc5ccc(Oc6ccnc7c6CCC(=O)N7)cc5[C@@H]34)cc2C(F)(F)F)C1. The monoisotopic (exact) mass is 606 g/mol. The Bertz CT molecular complexity index is 1640. The molecule has 0 spiro atoms. The van der Waals surface area contributed by atoms with Crippen molar-refractivity contribution in [3.05, 3.63) is 70.9 Å². The van der Waals surface area contributed by atoms with Crippen LogP contribution in [-0.4, -0.2) is 60.9 Å². The van der Waals surface area contributed by atoms with E-state index in [0.717, 1.165) is 35.8 Å². The number of ether oxygens (including phenoxy) is 2. The van der Waals surface area contributed by atoms with Crippen molar-refractivity contribution < 1.29 is 32.2 Å². The molecule has 2 aromatic carbocycles. The van der Waals surface area contributed by atoms with Gasteiger partial charge in [-0.05, 0) is 75.8 Å². The first-order chi connectivity index (χ1) is 21.1. The van der Waals surface area contributed by atoms with E-state index >= 15 is 0 Å². The van der Waals surface area contributed by atoms with E-state index in [2.05, 4.69) is 10.3 Å². The Morgan fingerprint density at radius 2 is 2.00 bits per heavy atom. The molecule has 230 valence electrons. The Balaban J connectivity index is 1.06. The molecule has 0 radical (unpaired) electrons. The van der Waals surface area contributed by atoms with Gasteiger partial charge in [-0.2, -0.15) is 13.2 Å². The second-order valence-corrected chi connectivity index (χ2v) is 12.3. The molecule has 1 N–H and O–H groups in total. The number of aromatic nitrogens is 1. The number of halogens is 3. The average Bonchev–Trinajstić information content (AvgIpc) is 3.52. The number of piperidine rings is 1. The lowest BCUT2D eigenvalue weighted by atomic mass is 9.97. The van der Waals surface area contributed by atoms with E-state index in [4.69, 9.17) is 9.47 Å². The number of ketones is 1.